The van der Waals surface area contributed by atoms with Crippen LogP contribution in [0.2, 0.25) is 0 Å². The first-order valence-electron chi connectivity index (χ1n) is 45.0. The lowest BCUT2D eigenvalue weighted by Gasteiger charge is -2.33. The number of alkyl carbamates (subject to hydrolysis) is 2. The van der Waals surface area contributed by atoms with Gasteiger partial charge in [-0.3, -0.25) is 79.0 Å². The van der Waals surface area contributed by atoms with Gasteiger partial charge in [-0.05, 0) is 251 Å². The molecule has 38 nitrogen and oxygen atoms in total. The highest BCUT2D eigenvalue weighted by Gasteiger charge is 2.32. The lowest BCUT2D eigenvalue weighted by atomic mass is 10.0. The van der Waals surface area contributed by atoms with Crippen LogP contribution in [-0.2, 0) is 42.9 Å². The number of alkyl halides is 1. The molecule has 0 bridgehead atoms. The zero-order chi connectivity index (χ0) is 101. The van der Waals surface area contributed by atoms with Crippen LogP contribution in [0.4, 0.5) is 69.5 Å². The Hall–Kier alpha value is -13.2. The number of non-ortho nitro benzene ring substituents is 5. The molecule has 0 unspecified atom stereocenters. The monoisotopic (exact) mass is 2110 g/mol. The fourth-order valence-electron chi connectivity index (χ4n) is 15.1. The van der Waals surface area contributed by atoms with E-state index in [1.54, 1.807) is 134 Å². The van der Waals surface area contributed by atoms with Crippen molar-refractivity contribution in [2.24, 2.45) is 5.73 Å². The number of benzene rings is 5. The average Bonchev–Trinajstić information content (AvgIpc) is 1.60. The van der Waals surface area contributed by atoms with Crippen molar-refractivity contribution < 1.29 is 73.2 Å². The standard InChI is InChI=1S/C27H34N6O6.C18H19N5O2.C15H24N4O2.C13H13IN2O4.C9H6INO2.C9H7NO2.C4H8O.CH3F/c1-26(2,3)38-24(34)29-17-9-11-31(12-10-17)23-15-28-14-21(30-23)20-16-32(25(35)39-27(4,5)6)22-8-7-18(33(36)37)13-19(20)22;19-13-5-7-22(8-6-13)18-11-20-10-17(21-18)15-4-2-12-1-3-14(23(24)25)9-16(12)15;1-11-9-16-10-13(17-11)19-7-5-12(6-8-19)18-14(20)21-15(2,3)4;1-13(2,3)20-12(17)15-7-10(14)9-6-8(16(18)19)4-5-11(9)15;10-9-4-2-6-1-3-7(11(12)13)5-8(6)9;11-10(12)9-5-4-7-2-1-3-8(7)6-9;1-2-4-5-3-1;1-2/h7-8,13-17H,9-12H2,1-6H3,(H,29,34);1,3-4,9-11,13H,2,5-8,19H2;9-10,12H,5-8H2,1-4H3,(H,18,20);4-7H,1-3H3;1,3-5H,2H2;1,3-6H,2H2;1-4H2;1H3/i;;;;;;;1D. The third-order valence-corrected chi connectivity index (χ3v) is 23.5. The van der Waals surface area contributed by atoms with E-state index in [9.17, 15) is 74.1 Å². The molecule has 7 aliphatic rings. The van der Waals surface area contributed by atoms with Gasteiger partial charge in [-0.2, -0.15) is 0 Å². The number of allylic oxidation sites excluding steroid dienone is 3. The van der Waals surface area contributed by atoms with Gasteiger partial charge in [-0.1, -0.05) is 42.5 Å². The number of fused-ring (bicyclic) bond motifs is 5. The van der Waals surface area contributed by atoms with Gasteiger partial charge < -0.3 is 54.8 Å². The second-order valence-corrected chi connectivity index (χ2v) is 39.0. The van der Waals surface area contributed by atoms with Gasteiger partial charge in [0.15, 0.2) is 0 Å². The summed E-state index contributed by atoms with van der Waals surface area (Å²) in [5.74, 6) is 2.38. The number of piperidine rings is 3. The number of aryl methyl sites for hydroxylation is 1. The highest BCUT2D eigenvalue weighted by Crippen LogP contribution is 2.39. The highest BCUT2D eigenvalue weighted by molar-refractivity contribution is 14.1. The largest absolute Gasteiger partial charge is 0.444 e. The Kier molecular flexibility index (Phi) is 36.2. The van der Waals surface area contributed by atoms with E-state index in [0.29, 0.717) is 64.8 Å². The predicted molar refractivity (Wildman–Crippen MR) is 537 cm³/mol. The Labute approximate surface area is 820 Å². The van der Waals surface area contributed by atoms with Gasteiger partial charge in [0, 0.05) is 179 Å². The SMILES string of the molecule is C1CCOC1.CC(C)(C)OC(=O)NC1CCN(c2cncc(-c3cn(C(=O)OC(C)(C)C)c4ccc([N+](=O)[O-])cc34)n2)CC1.CC(C)(C)OC(=O)n1cc(I)c2cc([N+](=O)[O-])ccc21.Cc1cncc(N2CCC(NC(=O)OC(C)(C)C)CC2)n1.NC1CCN(c2cncc(C3=CCc4ccc([N+](=O)[O-])cc43)n2)CC1.O=[N+]([O-])c1ccc2c(c1)C(I)=CC2.O=[N+]([O-])c1ccc2c(c1)C=CC2.[2H]CF. The number of carbonyl (C=O) groups is 4. The summed E-state index contributed by atoms with van der Waals surface area (Å²) < 4.78 is 46.5. The maximum absolute atomic E-state index is 13.0. The number of aromatic nitrogens is 8. The van der Waals surface area contributed by atoms with Crippen molar-refractivity contribution in [3.8, 4) is 11.3 Å². The second-order valence-electron chi connectivity index (χ2n) is 36.7. The summed E-state index contributed by atoms with van der Waals surface area (Å²) in [4.78, 5) is 135. The number of nitrogens with one attached hydrogen (secondary N) is 2. The summed E-state index contributed by atoms with van der Waals surface area (Å²) in [5.41, 5.74) is 14.9. The molecule has 0 radical (unpaired) electrons. The van der Waals surface area contributed by atoms with Gasteiger partial charge in [-0.25, -0.2) is 34.1 Å². The number of ether oxygens (including phenoxy) is 5. The zero-order valence-electron chi connectivity index (χ0n) is 79.6. The van der Waals surface area contributed by atoms with Crippen LogP contribution >= 0.6 is 45.2 Å². The Morgan fingerprint density at radius 1 is 0.482 bits per heavy atom. The smallest absolute Gasteiger partial charge is 0.419 e. The molecule has 0 saturated carbocycles. The third kappa shape index (κ3) is 30.9. The van der Waals surface area contributed by atoms with E-state index >= 15 is 0 Å². The van der Waals surface area contributed by atoms with Crippen molar-refractivity contribution in [1.82, 2.24) is 49.7 Å². The molecule has 137 heavy (non-hydrogen) atoms. The molecular formula is C96H114FI2N19O19. The van der Waals surface area contributed by atoms with Crippen LogP contribution in [-0.4, -0.2) is 188 Å². The summed E-state index contributed by atoms with van der Waals surface area (Å²) in [6.45, 7) is 30.4. The summed E-state index contributed by atoms with van der Waals surface area (Å²) in [7, 11) is -1.00. The Bertz CT molecular complexity index is 6150. The molecule has 3 aliphatic carbocycles. The summed E-state index contributed by atoms with van der Waals surface area (Å²) in [5, 5.41) is 61.2. The predicted octanol–water partition coefficient (Wildman–Crippen LogP) is 20.3. The molecule has 2 amide bonds. The Morgan fingerprint density at radius 3 is 1.34 bits per heavy atom. The molecular weight excluding hydrogens is 2000 g/mol. The van der Waals surface area contributed by atoms with E-state index in [4.69, 9.17) is 40.8 Å². The van der Waals surface area contributed by atoms with Gasteiger partial charge in [0.25, 0.3) is 28.4 Å². The van der Waals surface area contributed by atoms with E-state index in [0.717, 1.165) is 142 Å². The fraction of sp³-hybridized carbons (Fsp3) is 0.417. The number of amides is 2. The normalized spacial score (nSPS) is 15.1. The number of rotatable bonds is 12. The quantitative estimate of drug-likeness (QED) is 0.0442. The number of carbonyl (C=O) groups excluding carboxylic acids is 4. The van der Waals surface area contributed by atoms with Crippen LogP contribution in [0, 0.1) is 61.1 Å². The number of nitro benzene ring substituents is 5. The van der Waals surface area contributed by atoms with Crippen LogP contribution in [0.25, 0.3) is 48.3 Å². The number of nitrogens with zero attached hydrogens (tertiary/aromatic N) is 16. The fourth-order valence-corrected chi connectivity index (χ4v) is 16.6. The number of nitro groups is 5. The van der Waals surface area contributed by atoms with Crippen LogP contribution in [0.15, 0.2) is 159 Å². The van der Waals surface area contributed by atoms with Crippen molar-refractivity contribution in [2.75, 3.05) is 74.3 Å². The first kappa shape index (κ1) is 104. The van der Waals surface area contributed by atoms with E-state index < -0.39 is 57.7 Å². The number of anilines is 3. The van der Waals surface area contributed by atoms with Crippen LogP contribution in [0.5, 0.6) is 0 Å². The lowest BCUT2D eigenvalue weighted by molar-refractivity contribution is -0.385. The summed E-state index contributed by atoms with van der Waals surface area (Å²) in [6.07, 6.45) is 29.8. The first-order chi connectivity index (χ1) is 65.2. The average molecular weight is 2110 g/mol. The summed E-state index contributed by atoms with van der Waals surface area (Å²) in [6, 6.07) is 24.1. The van der Waals surface area contributed by atoms with E-state index in [1.165, 1.54) is 63.4 Å². The Morgan fingerprint density at radius 2 is 0.876 bits per heavy atom. The molecule has 4 N–H and O–H groups in total. The number of halogens is 3. The molecule has 5 aromatic carbocycles. The second kappa shape index (κ2) is 47.5. The van der Waals surface area contributed by atoms with Gasteiger partial charge >= 0.3 is 24.4 Å². The number of hydrogen-bond donors (Lipinski definition) is 3. The minimum atomic E-state index is -1.00. The maximum Gasteiger partial charge on any atom is 0.419 e. The Balaban J connectivity index is 0.000000174. The molecule has 10 aromatic rings. The van der Waals surface area contributed by atoms with Crippen molar-refractivity contribution in [1.29, 1.82) is 0 Å². The van der Waals surface area contributed by atoms with Gasteiger partial charge in [0.05, 0.1) is 92.2 Å². The minimum absolute atomic E-state index is 0.00245. The molecule has 17 rings (SSSR count). The number of hydrogen-bond acceptors (Lipinski definition) is 29. The molecule has 4 saturated heterocycles. The van der Waals surface area contributed by atoms with Crippen LogP contribution in [0.1, 0.15) is 181 Å². The van der Waals surface area contributed by atoms with Crippen molar-refractivity contribution in [2.45, 2.75) is 201 Å². The van der Waals surface area contributed by atoms with Crippen molar-refractivity contribution in [3.63, 3.8) is 0 Å². The molecule has 0 atom stereocenters. The van der Waals surface area contributed by atoms with Crippen LogP contribution in [0.3, 0.4) is 0 Å². The first-order valence-corrected chi connectivity index (χ1v) is 46.5. The van der Waals surface area contributed by atoms with Crippen molar-refractivity contribution in [3.05, 3.63) is 258 Å². The lowest BCUT2D eigenvalue weighted by Crippen LogP contribution is -2.46. The van der Waals surface area contributed by atoms with E-state index in [2.05, 4.69) is 80.0 Å². The zero-order valence-corrected chi connectivity index (χ0v) is 82.9. The molecule has 0 spiro atoms. The molecule has 41 heteroatoms. The molecule has 4 fully saturated rings. The van der Waals surface area contributed by atoms with Crippen LogP contribution < -0.4 is 31.1 Å². The summed E-state index contributed by atoms with van der Waals surface area (Å²) >= 11 is 4.24. The number of nitrogens with two attached hydrogens (primary N) is 1. The minimum Gasteiger partial charge on any atom is -0.444 e. The van der Waals surface area contributed by atoms with Gasteiger partial charge in [0.1, 0.15) is 39.9 Å². The van der Waals surface area contributed by atoms with Gasteiger partial charge in [0.2, 0.25) is 0 Å². The van der Waals surface area contributed by atoms with E-state index in [1.807, 2.05) is 101 Å². The topological polar surface area (TPSA) is 477 Å². The molecule has 4 aliphatic heterocycles. The van der Waals surface area contributed by atoms with Gasteiger partial charge in [-0.15, -0.1) is 0 Å². The van der Waals surface area contributed by atoms with E-state index in [-0.39, 0.29) is 67.4 Å². The third-order valence-electron chi connectivity index (χ3n) is 21.6. The maximum atomic E-state index is 13.0. The molecule has 5 aromatic heterocycles. The highest BCUT2D eigenvalue weighted by atomic mass is 127. The molecule has 9 heterocycles. The van der Waals surface area contributed by atoms with Crippen molar-refractivity contribution >= 4 is 152 Å². The molecule has 728 valence electrons.